The van der Waals surface area contributed by atoms with Crippen LogP contribution in [0.1, 0.15) is 127 Å². The Labute approximate surface area is 810 Å². The van der Waals surface area contributed by atoms with E-state index in [2.05, 4.69) is 52.6 Å². The van der Waals surface area contributed by atoms with Crippen LogP contribution in [-0.2, 0) is 75.1 Å². The number of likely N-dealkylation sites (N-methyl/N-ethyl adjacent to an activating group) is 1. The number of phenolic OH excluding ortho intramolecular Hbond substituents is 3. The van der Waals surface area contributed by atoms with Crippen molar-refractivity contribution in [2.45, 2.75) is 206 Å². The number of carboxylic acids is 1. The number of carbonyl (C=O) groups is 9. The number of alkyl halides is 3. The van der Waals surface area contributed by atoms with E-state index in [1.165, 1.54) is 62.2 Å². The summed E-state index contributed by atoms with van der Waals surface area (Å²) in [4.78, 5) is 136. The molecule has 49 heteroatoms. The number of aliphatic hydroxyl groups is 10. The molecule has 11 bridgehead atoms. The second kappa shape index (κ2) is 45.1. The maximum Gasteiger partial charge on any atom is 0.573 e. The van der Waals surface area contributed by atoms with Crippen molar-refractivity contribution < 1.29 is 170 Å². The van der Waals surface area contributed by atoms with Crippen LogP contribution in [0.4, 0.5) is 18.9 Å². The van der Waals surface area contributed by atoms with Gasteiger partial charge in [-0.2, -0.15) is 0 Å². The molecule has 762 valence electrons. The highest BCUT2D eigenvalue weighted by molar-refractivity contribution is 6.32. The van der Waals surface area contributed by atoms with Crippen LogP contribution >= 0.6 is 23.2 Å². The lowest BCUT2D eigenvalue weighted by Gasteiger charge is -2.46. The molecule has 141 heavy (non-hydrogen) atoms. The molecule has 44 nitrogen and oxygen atoms in total. The fraction of sp³-hybridized carbons (Fsp3) is 0.446. The van der Waals surface area contributed by atoms with Crippen molar-refractivity contribution in [1.82, 2.24) is 47.4 Å². The van der Waals surface area contributed by atoms with Crippen LogP contribution in [0, 0.1) is 5.92 Å². The van der Waals surface area contributed by atoms with E-state index in [4.69, 9.17) is 72.6 Å². The minimum Gasteiger partial charge on any atom is -0.507 e. The molecule has 23 atom stereocenters. The van der Waals surface area contributed by atoms with E-state index in [0.717, 1.165) is 78.9 Å². The van der Waals surface area contributed by atoms with E-state index in [9.17, 15) is 104 Å². The molecule has 8 heterocycles. The molecule has 8 aliphatic heterocycles. The summed E-state index contributed by atoms with van der Waals surface area (Å²) in [6.45, 7) is 2.79. The number of fused-ring (bicyclic) bond motifs is 15. The molecular weight excluding hydrogens is 1910 g/mol. The van der Waals surface area contributed by atoms with E-state index >= 15 is 24.0 Å². The predicted octanol–water partition coefficient (Wildman–Crippen LogP) is 0.665. The van der Waals surface area contributed by atoms with Gasteiger partial charge in [0.15, 0.2) is 30.1 Å². The Morgan fingerprint density at radius 1 is 0.667 bits per heavy atom. The minimum atomic E-state index is -5.04. The highest BCUT2D eigenvalue weighted by Crippen LogP contribution is 2.52. The molecule has 7 aromatic rings. The van der Waals surface area contributed by atoms with Gasteiger partial charge in [-0.25, -0.2) is 4.79 Å². The van der Waals surface area contributed by atoms with Crippen LogP contribution in [0.25, 0.3) is 11.1 Å². The summed E-state index contributed by atoms with van der Waals surface area (Å²) in [7, 11) is 1.44. The first kappa shape index (κ1) is 106. The third kappa shape index (κ3) is 24.7. The highest BCUT2D eigenvalue weighted by atomic mass is 35.5. The normalized spacial score (nSPS) is 27.8. The molecule has 7 aromatic carbocycles. The average Bonchev–Trinajstić information content (AvgIpc) is 0.753. The van der Waals surface area contributed by atoms with Gasteiger partial charge in [0.25, 0.3) is 5.91 Å². The van der Waals surface area contributed by atoms with Gasteiger partial charge in [-0.3, -0.25) is 43.3 Å². The van der Waals surface area contributed by atoms with Crippen molar-refractivity contribution in [3.63, 3.8) is 0 Å². The van der Waals surface area contributed by atoms with Crippen molar-refractivity contribution >= 4 is 82.1 Å². The van der Waals surface area contributed by atoms with Crippen molar-refractivity contribution in [1.29, 1.82) is 0 Å². The molecule has 0 aromatic heterocycles. The molecule has 1 unspecified atom stereocenters. The number of nitrogens with two attached hydrogens (primary N) is 2. The number of ether oxygens (including phenoxy) is 9. The summed E-state index contributed by atoms with van der Waals surface area (Å²) in [5.41, 5.74) is 7.48. The predicted molar refractivity (Wildman–Crippen MR) is 484 cm³/mol. The molecule has 0 aliphatic carbocycles. The number of carbonyl (C=O) groups excluding carboxylic acids is 8. The fourth-order valence-corrected chi connectivity index (χ4v) is 17.6. The van der Waals surface area contributed by atoms with E-state index < -0.39 is 334 Å². The summed E-state index contributed by atoms with van der Waals surface area (Å²) >= 11 is 14.6. The Morgan fingerprint density at radius 2 is 1.30 bits per heavy atom. The maximum atomic E-state index is 16.7. The number of nitrogens with one attached hydrogen (secondary N) is 9. The first-order chi connectivity index (χ1) is 66.7. The number of nitrogens with zero attached hydrogens (tertiary/aromatic N) is 1. The molecule has 8 amide bonds. The Hall–Kier alpha value is -12.0. The van der Waals surface area contributed by atoms with Crippen molar-refractivity contribution in [2.75, 3.05) is 51.8 Å². The number of aromatic hydroxyl groups is 3. The Balaban J connectivity index is 0.949. The zero-order valence-electron chi connectivity index (χ0n) is 75.7. The topological polar surface area (TPSA) is 683 Å². The highest BCUT2D eigenvalue weighted by Gasteiger charge is 2.54. The van der Waals surface area contributed by atoms with Crippen LogP contribution in [0.5, 0.6) is 51.7 Å². The van der Waals surface area contributed by atoms with E-state index in [1.54, 1.807) is 19.9 Å². The largest absolute Gasteiger partial charge is 0.573 e. The standard InChI is InChI=1S/C92H107Cl2F3N12O32/c1-37(2)22-52(100-5)82(125)107-68-70(116)41-13-16-56(50(93)26-41)134-58-28-44-29-59(78(58)139-90-76(122)74(120)79(61(36-112)137-90)140-89-75(121)73(119)72(118)60(136-89)34-101-33-39-8-6-10-45(23-39)102-81(124)43-9-7-11-46(24-43)141-92(95,96)97)135-57-17-14-42(27-51(57)94)77(138-63-32-91(4,99)80(123)38(3)133-63)69-87(130)106-67(88(131)132)48-30-55(114)49(35-109(18-20-110)19-21-111)71(117)64(48)47-25-40(12-15-54(47)113)65(84(127)108-69)105-85(128)66(44)104-83(126)53(31-62(98)115)103-86(68)129/h6-17,23-30,37-38,52-53,60-61,63,65-70,72-77,79-80,89-90,100-101,110-114,116-123H,18-22,31-36,99H2,1-5H3,(H2,98,115)(H,102,124)(H,103,129)(H,104,126)(H,105,128)(H,106,130)(H,107,125)(H,108,127)(H,131,132)/t38-,52+,53+,60+,61+,63-,65+,66+,67+,68?,69-,70+,72-,73-,74+,75+,76+,77+,79+,80-,89-,90-,91-/m0/s1. The molecule has 3 saturated heterocycles. The summed E-state index contributed by atoms with van der Waals surface area (Å²) in [6.07, 6.45) is -35.8. The SMILES string of the molecule is CN[C@H](CC(C)C)C(=O)NC1C(=O)N[C@H](CC(N)=O)C(=O)N[C@H]2C(=O)N[C@H]3C(=O)N[C@H](C(=O)N[C@@H](C(=O)O)c4cc(O)c(CN(CCO)CCO)c(O)c4-c4cc3ccc4O)[C@H](O[C@H]3C[C@](C)(N)[C@@H](O)[C@H](C)O3)c3ccc(c(Cl)c3)Oc3cc2cc(c3O[C@@H]2O[C@H](CO)[C@@H](O[C@@H]3O[C@H](CNCc4cccc(NC(=O)c5cccc(OC(F)(F)F)c5)c4)[C@H](O)[C@H](O)[C@H]3O)[C@H](O)[C@H]2O)Oc2ccc(cc2Cl)[C@H]1O. The third-order valence-electron chi connectivity index (χ3n) is 24.4. The number of carboxylic acid groups (broad SMARTS) is 1. The Kier molecular flexibility index (Phi) is 34.0. The van der Waals surface area contributed by atoms with Gasteiger partial charge in [-0.05, 0) is 146 Å². The van der Waals surface area contributed by atoms with Gasteiger partial charge in [0, 0.05) is 72.6 Å². The van der Waals surface area contributed by atoms with E-state index in [0.29, 0.717) is 5.56 Å². The number of amides is 8. The number of rotatable bonds is 28. The summed E-state index contributed by atoms with van der Waals surface area (Å²) in [5.74, 6) is -19.2. The van der Waals surface area contributed by atoms with Crippen LogP contribution in [0.2, 0.25) is 10.0 Å². The molecule has 0 radical (unpaired) electrons. The second-order valence-electron chi connectivity index (χ2n) is 35.2. The molecule has 0 saturated carbocycles. The van der Waals surface area contributed by atoms with Gasteiger partial charge in [-0.1, -0.05) is 73.4 Å². The lowest BCUT2D eigenvalue weighted by atomic mass is 9.86. The summed E-state index contributed by atoms with van der Waals surface area (Å²) < 4.78 is 94.3. The molecule has 3 fully saturated rings. The van der Waals surface area contributed by atoms with Gasteiger partial charge in [0.05, 0.1) is 60.1 Å². The van der Waals surface area contributed by atoms with Crippen molar-refractivity contribution in [2.24, 2.45) is 17.4 Å². The lowest BCUT2D eigenvalue weighted by molar-refractivity contribution is -0.350. The molecular formula is C92H107Cl2F3N12O32. The number of primary amides is 1. The number of aliphatic carboxylic acids is 1. The second-order valence-corrected chi connectivity index (χ2v) is 36.0. The number of phenols is 3. The number of aliphatic hydroxyl groups excluding tert-OH is 10. The average molecular weight is 2020 g/mol. The van der Waals surface area contributed by atoms with Gasteiger partial charge in [0.1, 0.15) is 126 Å². The van der Waals surface area contributed by atoms with Crippen LogP contribution in [0.15, 0.2) is 121 Å². The zero-order valence-corrected chi connectivity index (χ0v) is 77.2. The van der Waals surface area contributed by atoms with Gasteiger partial charge in [-0.15, -0.1) is 13.2 Å². The lowest BCUT2D eigenvalue weighted by Crippen LogP contribution is -2.65. The fourth-order valence-electron chi connectivity index (χ4n) is 17.2. The molecule has 0 spiro atoms. The minimum absolute atomic E-state index is 0.0660. The monoisotopic (exact) mass is 2020 g/mol. The number of benzene rings is 7. The van der Waals surface area contributed by atoms with Gasteiger partial charge in [0.2, 0.25) is 53.4 Å². The zero-order chi connectivity index (χ0) is 102. The van der Waals surface area contributed by atoms with Gasteiger partial charge < -0.3 is 173 Å². The first-order valence-corrected chi connectivity index (χ1v) is 45.1. The third-order valence-corrected chi connectivity index (χ3v) is 25.0. The number of halogens is 5. The van der Waals surface area contributed by atoms with Crippen molar-refractivity contribution in [3.8, 4) is 62.9 Å². The van der Waals surface area contributed by atoms with Crippen molar-refractivity contribution in [3.05, 3.63) is 176 Å². The molecule has 8 aliphatic rings. The smallest absolute Gasteiger partial charge is 0.507 e. The maximum absolute atomic E-state index is 16.7. The van der Waals surface area contributed by atoms with Crippen LogP contribution in [-0.4, -0.2) is 292 Å². The van der Waals surface area contributed by atoms with Gasteiger partial charge >= 0.3 is 12.3 Å². The quantitative estimate of drug-likeness (QED) is 0.0320. The van der Waals surface area contributed by atoms with E-state index in [-0.39, 0.29) is 60.9 Å². The molecule has 15 rings (SSSR count). The van der Waals surface area contributed by atoms with Crippen LogP contribution < -0.4 is 78.3 Å². The Bertz CT molecular complexity index is 5790. The number of hydrogen-bond acceptors (Lipinski definition) is 35. The summed E-state index contributed by atoms with van der Waals surface area (Å²) in [5, 5.41) is 185. The number of anilines is 1. The summed E-state index contributed by atoms with van der Waals surface area (Å²) in [6, 6.07) is 7.57. The number of hydrogen-bond donors (Lipinski definition) is 25. The van der Waals surface area contributed by atoms with E-state index in [1.807, 2.05) is 0 Å². The first-order valence-electron chi connectivity index (χ1n) is 44.3. The Morgan fingerprint density at radius 3 is 1.93 bits per heavy atom. The molecule has 27 N–H and O–H groups in total. The van der Waals surface area contributed by atoms with Crippen LogP contribution in [0.3, 0.4) is 0 Å².